The van der Waals surface area contributed by atoms with E-state index in [1.165, 1.54) is 3.97 Å². The van der Waals surface area contributed by atoms with Crippen LogP contribution in [0.1, 0.15) is 37.3 Å². The minimum Gasteiger partial charge on any atom is -0.497 e. The lowest BCUT2D eigenvalue weighted by molar-refractivity contribution is -0.136. The Morgan fingerprint density at radius 1 is 1.10 bits per heavy atom. The van der Waals surface area contributed by atoms with Crippen LogP contribution in [-0.2, 0) is 17.6 Å². The van der Waals surface area contributed by atoms with Crippen LogP contribution in [0.2, 0.25) is 0 Å². The van der Waals surface area contributed by atoms with E-state index in [-0.39, 0.29) is 12.8 Å². The summed E-state index contributed by atoms with van der Waals surface area (Å²) >= 11 is 0. The van der Waals surface area contributed by atoms with Crippen LogP contribution in [0.3, 0.4) is 0 Å². The Morgan fingerprint density at radius 2 is 1.83 bits per heavy atom. The van der Waals surface area contributed by atoms with Crippen LogP contribution < -0.4 is 4.74 Å². The standard InChI is InChI=1S/C22H27NO5S/c1-3-4-5-16-6-10-19(11-7-16)29(26,27)23-15-17(8-13-22(24)25)20-14-18(28-2)9-12-21(20)23/h6-7,9-12,14-15,26-27H,3-5,8,13H2,1-2H3,(H,24,25). The molecule has 0 spiro atoms. The number of benzene rings is 2. The van der Waals surface area contributed by atoms with Gasteiger partial charge in [-0.05, 0) is 60.7 Å². The zero-order chi connectivity index (χ0) is 21.0. The highest BCUT2D eigenvalue weighted by Gasteiger charge is 2.23. The molecule has 0 radical (unpaired) electrons. The number of unbranched alkanes of at least 4 members (excludes halogenated alkanes) is 1. The van der Waals surface area contributed by atoms with Gasteiger partial charge in [-0.25, -0.2) is 3.97 Å². The van der Waals surface area contributed by atoms with Crippen molar-refractivity contribution in [1.29, 1.82) is 0 Å². The molecule has 3 N–H and O–H groups in total. The average Bonchev–Trinajstić information content (AvgIpc) is 3.09. The lowest BCUT2D eigenvalue weighted by Gasteiger charge is -2.34. The summed E-state index contributed by atoms with van der Waals surface area (Å²) in [6.45, 7) is 2.14. The molecule has 0 fully saturated rings. The molecule has 156 valence electrons. The largest absolute Gasteiger partial charge is 0.497 e. The maximum Gasteiger partial charge on any atom is 0.303 e. The highest BCUT2D eigenvalue weighted by atomic mass is 32.3. The van der Waals surface area contributed by atoms with Crippen LogP contribution >= 0.6 is 10.8 Å². The van der Waals surface area contributed by atoms with Gasteiger partial charge in [0.2, 0.25) is 0 Å². The van der Waals surface area contributed by atoms with Crippen molar-refractivity contribution in [1.82, 2.24) is 3.97 Å². The number of carboxylic acids is 1. The van der Waals surface area contributed by atoms with Crippen molar-refractivity contribution >= 4 is 27.6 Å². The van der Waals surface area contributed by atoms with Crippen molar-refractivity contribution in [3.05, 3.63) is 59.8 Å². The summed E-state index contributed by atoms with van der Waals surface area (Å²) in [4.78, 5) is 11.5. The number of carbonyl (C=O) groups is 1. The lowest BCUT2D eigenvalue weighted by Crippen LogP contribution is -2.08. The number of hydrogen-bond acceptors (Lipinski definition) is 4. The molecule has 3 aromatic rings. The number of ether oxygens (including phenoxy) is 1. The van der Waals surface area contributed by atoms with Crippen molar-refractivity contribution in [2.75, 3.05) is 7.11 Å². The van der Waals surface area contributed by atoms with Crippen molar-refractivity contribution < 1.29 is 23.7 Å². The predicted molar refractivity (Wildman–Crippen MR) is 116 cm³/mol. The summed E-state index contributed by atoms with van der Waals surface area (Å²) in [6.07, 6.45) is 5.05. The Morgan fingerprint density at radius 3 is 2.45 bits per heavy atom. The molecular formula is C22H27NO5S. The molecule has 0 unspecified atom stereocenters. The van der Waals surface area contributed by atoms with Gasteiger partial charge in [0.15, 0.2) is 0 Å². The third-order valence-corrected chi connectivity index (χ3v) is 6.76. The Balaban J connectivity index is 2.03. The first kappa shape index (κ1) is 21.2. The fourth-order valence-electron chi connectivity index (χ4n) is 3.36. The molecule has 29 heavy (non-hydrogen) atoms. The van der Waals surface area contributed by atoms with E-state index in [4.69, 9.17) is 9.84 Å². The fraction of sp³-hybridized carbons (Fsp3) is 0.318. The average molecular weight is 418 g/mol. The fourth-order valence-corrected chi connectivity index (χ4v) is 4.79. The first-order chi connectivity index (χ1) is 13.9. The second-order valence-electron chi connectivity index (χ2n) is 7.02. The van der Waals surface area contributed by atoms with Gasteiger partial charge in [0.25, 0.3) is 0 Å². The number of hydrogen-bond donors (Lipinski definition) is 3. The number of fused-ring (bicyclic) bond motifs is 1. The van der Waals surface area contributed by atoms with Crippen LogP contribution in [0.15, 0.2) is 53.6 Å². The zero-order valence-electron chi connectivity index (χ0n) is 16.7. The Bertz CT molecular complexity index is 994. The predicted octanol–water partition coefficient (Wildman–Crippen LogP) is 5.58. The summed E-state index contributed by atoms with van der Waals surface area (Å²) in [5, 5.41) is 9.81. The smallest absolute Gasteiger partial charge is 0.303 e. The molecule has 0 aliphatic rings. The maximum atomic E-state index is 11.1. The number of nitrogens with zero attached hydrogens (tertiary/aromatic N) is 1. The van der Waals surface area contributed by atoms with Crippen LogP contribution in [0, 0.1) is 0 Å². The van der Waals surface area contributed by atoms with E-state index < -0.39 is 16.7 Å². The van der Waals surface area contributed by atoms with Gasteiger partial charge in [-0.1, -0.05) is 36.3 Å². The van der Waals surface area contributed by atoms with E-state index in [1.807, 2.05) is 12.1 Å². The molecular weight excluding hydrogens is 390 g/mol. The summed E-state index contributed by atoms with van der Waals surface area (Å²) in [7, 11) is -1.75. The van der Waals surface area contributed by atoms with E-state index in [2.05, 4.69) is 6.92 Å². The third kappa shape index (κ3) is 4.58. The molecule has 7 heteroatoms. The number of methoxy groups -OCH3 is 1. The second kappa shape index (κ2) is 8.90. The molecule has 0 saturated heterocycles. The van der Waals surface area contributed by atoms with Crippen LogP contribution in [0.4, 0.5) is 0 Å². The molecule has 0 aliphatic carbocycles. The topological polar surface area (TPSA) is 91.9 Å². The quantitative estimate of drug-likeness (QED) is 0.422. The van der Waals surface area contributed by atoms with E-state index >= 15 is 0 Å². The van der Waals surface area contributed by atoms with Crippen molar-refractivity contribution in [3.8, 4) is 5.75 Å². The van der Waals surface area contributed by atoms with Gasteiger partial charge in [0.05, 0.1) is 17.5 Å². The molecule has 0 bridgehead atoms. The van der Waals surface area contributed by atoms with Gasteiger partial charge in [-0.3, -0.25) is 13.9 Å². The molecule has 0 saturated carbocycles. The van der Waals surface area contributed by atoms with Gasteiger partial charge >= 0.3 is 5.97 Å². The lowest BCUT2D eigenvalue weighted by atomic mass is 10.1. The zero-order valence-corrected chi connectivity index (χ0v) is 17.5. The normalized spacial score (nSPS) is 12.3. The molecule has 2 aromatic carbocycles. The number of rotatable bonds is 9. The minimum atomic E-state index is -3.31. The summed E-state index contributed by atoms with van der Waals surface area (Å²) in [5.74, 6) is -0.272. The van der Waals surface area contributed by atoms with Gasteiger partial charge in [-0.15, -0.1) is 0 Å². The SMILES string of the molecule is CCCCc1ccc(S(O)(O)n2cc(CCC(=O)O)c3cc(OC)ccc32)cc1. The Kier molecular flexibility index (Phi) is 6.52. The Labute approximate surface area is 172 Å². The minimum absolute atomic E-state index is 0.0400. The van der Waals surface area contributed by atoms with Gasteiger partial charge in [0, 0.05) is 18.0 Å². The first-order valence-electron chi connectivity index (χ1n) is 9.64. The van der Waals surface area contributed by atoms with Crippen LogP contribution in [0.25, 0.3) is 10.9 Å². The number of carboxylic acid groups (broad SMARTS) is 1. The van der Waals surface area contributed by atoms with E-state index in [1.54, 1.807) is 43.6 Å². The third-order valence-electron chi connectivity index (χ3n) is 5.00. The first-order valence-corrected chi connectivity index (χ1v) is 11.1. The van der Waals surface area contributed by atoms with E-state index in [0.29, 0.717) is 16.2 Å². The highest BCUT2D eigenvalue weighted by Crippen LogP contribution is 2.52. The van der Waals surface area contributed by atoms with Gasteiger partial charge < -0.3 is 9.84 Å². The molecule has 1 heterocycles. The van der Waals surface area contributed by atoms with Crippen LogP contribution in [-0.4, -0.2) is 31.3 Å². The maximum absolute atomic E-state index is 11.1. The highest BCUT2D eigenvalue weighted by molar-refractivity contribution is 8.23. The molecule has 0 amide bonds. The molecule has 1 aromatic heterocycles. The number of aliphatic carboxylic acids is 1. The molecule has 6 nitrogen and oxygen atoms in total. The van der Waals surface area contributed by atoms with Gasteiger partial charge in [0.1, 0.15) is 5.75 Å². The number of aryl methyl sites for hydroxylation is 2. The van der Waals surface area contributed by atoms with E-state index in [9.17, 15) is 13.9 Å². The van der Waals surface area contributed by atoms with Crippen molar-refractivity contribution in [3.63, 3.8) is 0 Å². The molecule has 0 atom stereocenters. The van der Waals surface area contributed by atoms with Crippen molar-refractivity contribution in [2.24, 2.45) is 0 Å². The van der Waals surface area contributed by atoms with Gasteiger partial charge in [-0.2, -0.15) is 0 Å². The number of aromatic nitrogens is 1. The van der Waals surface area contributed by atoms with Crippen molar-refractivity contribution in [2.45, 2.75) is 43.9 Å². The monoisotopic (exact) mass is 417 g/mol. The second-order valence-corrected chi connectivity index (χ2v) is 8.93. The van der Waals surface area contributed by atoms with Crippen LogP contribution in [0.5, 0.6) is 5.75 Å². The molecule has 3 rings (SSSR count). The summed E-state index contributed by atoms with van der Waals surface area (Å²) in [6, 6.07) is 12.7. The Hall–Kier alpha value is -2.48. The summed E-state index contributed by atoms with van der Waals surface area (Å²) < 4.78 is 28.9. The van der Waals surface area contributed by atoms with E-state index in [0.717, 1.165) is 35.8 Å². The molecule has 0 aliphatic heterocycles. The summed E-state index contributed by atoms with van der Waals surface area (Å²) in [5.41, 5.74) is 2.53.